The minimum atomic E-state index is -2.20. The fraction of sp³-hybridized carbons (Fsp3) is 0.750. The minimum Gasteiger partial charge on any atom is -0.338 e. The van der Waals surface area contributed by atoms with Gasteiger partial charge in [0.15, 0.2) is 0 Å². The molecule has 1 aliphatic heterocycles. The summed E-state index contributed by atoms with van der Waals surface area (Å²) in [5.41, 5.74) is 0.571. The minimum absolute atomic E-state index is 0.144. The van der Waals surface area contributed by atoms with Gasteiger partial charge in [-0.3, -0.25) is 9.48 Å². The van der Waals surface area contributed by atoms with Crippen molar-refractivity contribution in [3.8, 4) is 0 Å². The normalized spacial score (nSPS) is 25.0. The highest BCUT2D eigenvalue weighted by Gasteiger charge is 2.35. The van der Waals surface area contributed by atoms with Crippen molar-refractivity contribution in [3.63, 3.8) is 0 Å². The predicted octanol–water partition coefficient (Wildman–Crippen LogP) is 2.42. The number of hydrogen-bond donors (Lipinski definition) is 0. The summed E-state index contributed by atoms with van der Waals surface area (Å²) < 4.78 is 17.4. The molecule has 128 valence electrons. The molecule has 1 aliphatic carbocycles. The molecule has 1 aromatic rings. The average Bonchev–Trinajstić information content (AvgIpc) is 2.91. The summed E-state index contributed by atoms with van der Waals surface area (Å²) in [4.78, 5) is 14.8. The van der Waals surface area contributed by atoms with Crippen molar-refractivity contribution in [1.29, 1.82) is 0 Å². The van der Waals surface area contributed by atoms with Crippen LogP contribution in [0.1, 0.15) is 38.5 Å². The van der Waals surface area contributed by atoms with Crippen LogP contribution in [-0.2, 0) is 21.1 Å². The Kier molecular flexibility index (Phi) is 4.75. The van der Waals surface area contributed by atoms with E-state index in [0.29, 0.717) is 17.6 Å². The SMILES string of the molecule is CS(C)(=O)=Nc1cnn(CC(=O)N2CCCC3CCCCC32)c1. The summed E-state index contributed by atoms with van der Waals surface area (Å²) in [5, 5.41) is 4.19. The van der Waals surface area contributed by atoms with Gasteiger partial charge in [0.05, 0.1) is 12.4 Å². The lowest BCUT2D eigenvalue weighted by molar-refractivity contribution is -0.138. The van der Waals surface area contributed by atoms with Crippen molar-refractivity contribution in [2.45, 2.75) is 51.1 Å². The van der Waals surface area contributed by atoms with E-state index in [9.17, 15) is 9.00 Å². The number of carbonyl (C=O) groups excluding carboxylic acids is 1. The highest BCUT2D eigenvalue weighted by molar-refractivity contribution is 7.92. The molecule has 7 heteroatoms. The molecular formula is C16H26N4O2S. The Morgan fingerprint density at radius 3 is 2.83 bits per heavy atom. The molecule has 0 N–H and O–H groups in total. The summed E-state index contributed by atoms with van der Waals surface area (Å²) in [6.07, 6.45) is 13.8. The zero-order chi connectivity index (χ0) is 16.4. The van der Waals surface area contributed by atoms with Gasteiger partial charge in [0.25, 0.3) is 0 Å². The molecule has 0 aromatic carbocycles. The smallest absolute Gasteiger partial charge is 0.244 e. The maximum Gasteiger partial charge on any atom is 0.244 e. The van der Waals surface area contributed by atoms with Gasteiger partial charge in [0, 0.05) is 34.8 Å². The Bertz CT molecular complexity index is 680. The van der Waals surface area contributed by atoms with Crippen LogP contribution >= 0.6 is 0 Å². The lowest BCUT2D eigenvalue weighted by Gasteiger charge is -2.44. The highest BCUT2D eigenvalue weighted by atomic mass is 32.2. The Morgan fingerprint density at radius 1 is 1.30 bits per heavy atom. The summed E-state index contributed by atoms with van der Waals surface area (Å²) in [7, 11) is -2.20. The molecule has 1 aromatic heterocycles. The third-order valence-corrected chi connectivity index (χ3v) is 5.46. The number of likely N-dealkylation sites (tertiary alicyclic amines) is 1. The monoisotopic (exact) mass is 338 g/mol. The fourth-order valence-electron chi connectivity index (χ4n) is 3.90. The zero-order valence-electron chi connectivity index (χ0n) is 14.0. The van der Waals surface area contributed by atoms with Gasteiger partial charge in [-0.1, -0.05) is 12.8 Å². The first-order chi connectivity index (χ1) is 10.9. The van der Waals surface area contributed by atoms with Gasteiger partial charge in [-0.15, -0.1) is 0 Å². The van der Waals surface area contributed by atoms with Crippen molar-refractivity contribution in [2.75, 3.05) is 19.1 Å². The molecule has 1 saturated carbocycles. The van der Waals surface area contributed by atoms with Gasteiger partial charge >= 0.3 is 0 Å². The van der Waals surface area contributed by atoms with Gasteiger partial charge in [-0.2, -0.15) is 9.46 Å². The first kappa shape index (κ1) is 16.5. The molecule has 0 bridgehead atoms. The van der Waals surface area contributed by atoms with Crippen molar-refractivity contribution >= 4 is 21.3 Å². The molecule has 0 spiro atoms. The largest absolute Gasteiger partial charge is 0.338 e. The number of nitrogens with zero attached hydrogens (tertiary/aromatic N) is 4. The number of rotatable bonds is 3. The number of amides is 1. The Labute approximate surface area is 138 Å². The molecule has 2 fully saturated rings. The molecule has 1 amide bonds. The van der Waals surface area contributed by atoms with E-state index in [4.69, 9.17) is 0 Å². The second-order valence-corrected chi connectivity index (χ2v) is 9.56. The number of aromatic nitrogens is 2. The number of hydrogen-bond acceptors (Lipinski definition) is 4. The summed E-state index contributed by atoms with van der Waals surface area (Å²) >= 11 is 0. The number of carbonyl (C=O) groups is 1. The van der Waals surface area contributed by atoms with E-state index >= 15 is 0 Å². The van der Waals surface area contributed by atoms with Crippen LogP contribution in [0.15, 0.2) is 16.8 Å². The molecular weight excluding hydrogens is 312 g/mol. The molecule has 23 heavy (non-hydrogen) atoms. The zero-order valence-corrected chi connectivity index (χ0v) is 14.8. The lowest BCUT2D eigenvalue weighted by Crippen LogP contribution is -2.50. The first-order valence-corrected chi connectivity index (χ1v) is 10.7. The molecule has 2 aliphatic rings. The van der Waals surface area contributed by atoms with Crippen molar-refractivity contribution in [2.24, 2.45) is 10.3 Å². The van der Waals surface area contributed by atoms with Gasteiger partial charge in [0.1, 0.15) is 12.2 Å². The second-order valence-electron chi connectivity index (χ2n) is 7.01. The Hall–Kier alpha value is -1.37. The van der Waals surface area contributed by atoms with E-state index < -0.39 is 9.73 Å². The number of piperidine rings is 1. The first-order valence-electron chi connectivity index (χ1n) is 8.41. The summed E-state index contributed by atoms with van der Waals surface area (Å²) in [5.74, 6) is 0.833. The van der Waals surface area contributed by atoms with Gasteiger partial charge < -0.3 is 4.90 Å². The Balaban J connectivity index is 1.68. The molecule has 2 heterocycles. The quantitative estimate of drug-likeness (QED) is 0.850. The van der Waals surface area contributed by atoms with E-state index in [0.717, 1.165) is 19.4 Å². The maximum atomic E-state index is 12.7. The van der Waals surface area contributed by atoms with Crippen LogP contribution < -0.4 is 0 Å². The molecule has 6 nitrogen and oxygen atoms in total. The second kappa shape index (κ2) is 6.63. The van der Waals surface area contributed by atoms with Gasteiger partial charge in [-0.25, -0.2) is 4.21 Å². The van der Waals surface area contributed by atoms with Crippen LogP contribution in [0.3, 0.4) is 0 Å². The molecule has 0 radical (unpaired) electrons. The highest BCUT2D eigenvalue weighted by Crippen LogP contribution is 2.35. The van der Waals surface area contributed by atoms with E-state index in [1.807, 2.05) is 0 Å². The number of fused-ring (bicyclic) bond motifs is 1. The maximum absolute atomic E-state index is 12.7. The van der Waals surface area contributed by atoms with Crippen molar-refractivity contribution < 1.29 is 9.00 Å². The van der Waals surface area contributed by atoms with E-state index in [2.05, 4.69) is 14.4 Å². The summed E-state index contributed by atoms with van der Waals surface area (Å²) in [6, 6.07) is 0.426. The van der Waals surface area contributed by atoms with E-state index in [1.54, 1.807) is 29.6 Å². The standard InChI is InChI=1S/C16H26N4O2S/c1-23(2,22)18-14-10-17-19(11-14)12-16(21)20-9-5-7-13-6-3-4-8-15(13)20/h10-11,13,15H,3-9,12H2,1-2H3. The van der Waals surface area contributed by atoms with Gasteiger partial charge in [0.2, 0.25) is 5.91 Å². The van der Waals surface area contributed by atoms with Crippen LogP contribution in [0.4, 0.5) is 5.69 Å². The van der Waals surface area contributed by atoms with E-state index in [-0.39, 0.29) is 12.5 Å². The van der Waals surface area contributed by atoms with Crippen LogP contribution in [-0.4, -0.2) is 49.9 Å². The topological polar surface area (TPSA) is 67.6 Å². The van der Waals surface area contributed by atoms with Crippen LogP contribution in [0.2, 0.25) is 0 Å². The molecule has 2 unspecified atom stereocenters. The lowest BCUT2D eigenvalue weighted by atomic mass is 9.78. The Morgan fingerprint density at radius 2 is 2.04 bits per heavy atom. The van der Waals surface area contributed by atoms with Crippen molar-refractivity contribution in [1.82, 2.24) is 14.7 Å². The van der Waals surface area contributed by atoms with Gasteiger partial charge in [-0.05, 0) is 31.6 Å². The van der Waals surface area contributed by atoms with Crippen LogP contribution in [0.25, 0.3) is 0 Å². The average molecular weight is 338 g/mol. The van der Waals surface area contributed by atoms with Crippen LogP contribution in [0.5, 0.6) is 0 Å². The van der Waals surface area contributed by atoms with Crippen LogP contribution in [0, 0.1) is 5.92 Å². The molecule has 3 rings (SSSR count). The predicted molar refractivity (Wildman–Crippen MR) is 91.0 cm³/mol. The summed E-state index contributed by atoms with van der Waals surface area (Å²) in [6.45, 7) is 1.11. The van der Waals surface area contributed by atoms with E-state index in [1.165, 1.54) is 25.7 Å². The third-order valence-electron chi connectivity index (χ3n) is 4.81. The van der Waals surface area contributed by atoms with Crippen molar-refractivity contribution in [3.05, 3.63) is 12.4 Å². The third kappa shape index (κ3) is 4.13. The molecule has 1 saturated heterocycles. The molecule has 2 atom stereocenters. The fourth-order valence-corrected chi connectivity index (χ4v) is 4.51.